The lowest BCUT2D eigenvalue weighted by Crippen LogP contribution is -2.04. The molecule has 0 aliphatic heterocycles. The standard InChI is InChI=1S/C18H16O4/c1-11(19)22-18-16(21-3)9-7-13-5-4-12-6-8-14(20-2)10-15(12)17(13)18/h4-10H,1-3H3/i3D3. The van der Waals surface area contributed by atoms with E-state index < -0.39 is 13.0 Å². The molecule has 0 radical (unpaired) electrons. The highest BCUT2D eigenvalue weighted by atomic mass is 16.6. The van der Waals surface area contributed by atoms with Gasteiger partial charge < -0.3 is 14.2 Å². The lowest BCUT2D eigenvalue weighted by Gasteiger charge is -2.13. The predicted molar refractivity (Wildman–Crippen MR) is 85.9 cm³/mol. The molecule has 0 bridgehead atoms. The molecule has 4 heteroatoms. The van der Waals surface area contributed by atoms with E-state index in [9.17, 15) is 4.79 Å². The predicted octanol–water partition coefficient (Wildman–Crippen LogP) is 3.94. The highest BCUT2D eigenvalue weighted by Crippen LogP contribution is 2.40. The molecule has 0 fully saturated rings. The molecule has 3 aromatic carbocycles. The van der Waals surface area contributed by atoms with E-state index in [0.29, 0.717) is 11.1 Å². The van der Waals surface area contributed by atoms with Gasteiger partial charge >= 0.3 is 5.97 Å². The van der Waals surface area contributed by atoms with Gasteiger partial charge in [0.15, 0.2) is 11.5 Å². The quantitative estimate of drug-likeness (QED) is 0.417. The molecule has 0 unspecified atom stereocenters. The molecule has 0 atom stereocenters. The van der Waals surface area contributed by atoms with Crippen molar-refractivity contribution in [1.82, 2.24) is 0 Å². The zero-order valence-electron chi connectivity index (χ0n) is 15.2. The van der Waals surface area contributed by atoms with Crippen LogP contribution >= 0.6 is 0 Å². The van der Waals surface area contributed by atoms with Gasteiger partial charge in [-0.3, -0.25) is 4.79 Å². The van der Waals surface area contributed by atoms with Gasteiger partial charge in [0.05, 0.1) is 18.3 Å². The van der Waals surface area contributed by atoms with Crippen LogP contribution in [0.5, 0.6) is 17.2 Å². The van der Waals surface area contributed by atoms with E-state index in [1.807, 2.05) is 30.3 Å². The van der Waals surface area contributed by atoms with Crippen LogP contribution in [0.15, 0.2) is 42.5 Å². The van der Waals surface area contributed by atoms with E-state index in [-0.39, 0.29) is 11.5 Å². The Balaban J connectivity index is 2.38. The van der Waals surface area contributed by atoms with Crippen LogP contribution in [-0.2, 0) is 4.79 Å². The average molecular weight is 299 g/mol. The summed E-state index contributed by atoms with van der Waals surface area (Å²) >= 11 is 0. The summed E-state index contributed by atoms with van der Waals surface area (Å²) in [6.07, 6.45) is 0. The van der Waals surface area contributed by atoms with Crippen molar-refractivity contribution in [3.8, 4) is 17.2 Å². The van der Waals surface area contributed by atoms with Crippen molar-refractivity contribution in [1.29, 1.82) is 0 Å². The summed E-state index contributed by atoms with van der Waals surface area (Å²) in [6.45, 7) is 1.25. The number of methoxy groups -OCH3 is 2. The summed E-state index contributed by atoms with van der Waals surface area (Å²) in [7, 11) is -1.10. The zero-order valence-corrected chi connectivity index (χ0v) is 12.2. The van der Waals surface area contributed by atoms with E-state index in [0.717, 1.165) is 16.2 Å². The van der Waals surface area contributed by atoms with Crippen molar-refractivity contribution in [3.63, 3.8) is 0 Å². The van der Waals surface area contributed by atoms with Crippen molar-refractivity contribution in [2.24, 2.45) is 0 Å². The van der Waals surface area contributed by atoms with Gasteiger partial charge in [-0.25, -0.2) is 0 Å². The monoisotopic (exact) mass is 299 g/mol. The first-order valence-electron chi connectivity index (χ1n) is 8.19. The maximum Gasteiger partial charge on any atom is 0.308 e. The molecule has 0 saturated carbocycles. The molecular formula is C18H16O4. The number of carbonyl (C=O) groups is 1. The van der Waals surface area contributed by atoms with E-state index in [1.165, 1.54) is 13.0 Å². The maximum absolute atomic E-state index is 11.6. The van der Waals surface area contributed by atoms with Crippen molar-refractivity contribution < 1.29 is 23.1 Å². The molecule has 0 spiro atoms. The highest BCUT2D eigenvalue weighted by Gasteiger charge is 2.15. The molecule has 22 heavy (non-hydrogen) atoms. The third-order valence-electron chi connectivity index (χ3n) is 3.48. The Kier molecular flexibility index (Phi) is 2.76. The summed E-state index contributed by atoms with van der Waals surface area (Å²) in [5, 5.41) is 3.04. The van der Waals surface area contributed by atoms with Gasteiger partial charge in [-0.05, 0) is 34.4 Å². The summed E-state index contributed by atoms with van der Waals surface area (Å²) in [4.78, 5) is 11.6. The van der Waals surface area contributed by atoms with Gasteiger partial charge in [-0.15, -0.1) is 0 Å². The minimum atomic E-state index is -2.66. The molecular weight excluding hydrogens is 280 g/mol. The number of fused-ring (bicyclic) bond motifs is 3. The van der Waals surface area contributed by atoms with Crippen molar-refractivity contribution in [2.45, 2.75) is 6.92 Å². The van der Waals surface area contributed by atoms with Gasteiger partial charge in [-0.1, -0.05) is 24.3 Å². The van der Waals surface area contributed by atoms with Gasteiger partial charge in [0, 0.05) is 12.3 Å². The lowest BCUT2D eigenvalue weighted by atomic mass is 10.0. The number of ether oxygens (including phenoxy) is 3. The molecule has 0 aromatic heterocycles. The first kappa shape index (κ1) is 10.9. The first-order chi connectivity index (χ1) is 11.8. The summed E-state index contributed by atoms with van der Waals surface area (Å²) in [5.74, 6) is 0.136. The third-order valence-corrected chi connectivity index (χ3v) is 3.48. The van der Waals surface area contributed by atoms with Gasteiger partial charge in [0.1, 0.15) is 5.75 Å². The average Bonchev–Trinajstić information content (AvgIpc) is 2.54. The second-order valence-corrected chi connectivity index (χ2v) is 4.84. The molecule has 3 rings (SSSR count). The van der Waals surface area contributed by atoms with E-state index in [2.05, 4.69) is 0 Å². The Morgan fingerprint density at radius 3 is 2.50 bits per heavy atom. The number of hydrogen-bond acceptors (Lipinski definition) is 4. The van der Waals surface area contributed by atoms with Crippen molar-refractivity contribution >= 4 is 27.5 Å². The van der Waals surface area contributed by atoms with Crippen LogP contribution in [0.1, 0.15) is 11.0 Å². The second kappa shape index (κ2) is 5.56. The summed E-state index contributed by atoms with van der Waals surface area (Å²) in [5.41, 5.74) is 0. The fourth-order valence-electron chi connectivity index (χ4n) is 2.52. The largest absolute Gasteiger partial charge is 0.497 e. The minimum absolute atomic E-state index is 0.0157. The number of hydrogen-bond donors (Lipinski definition) is 0. The smallest absolute Gasteiger partial charge is 0.308 e. The van der Waals surface area contributed by atoms with Crippen LogP contribution in [0.4, 0.5) is 0 Å². The van der Waals surface area contributed by atoms with E-state index >= 15 is 0 Å². The maximum atomic E-state index is 11.6. The molecule has 0 aliphatic rings. The van der Waals surface area contributed by atoms with Crippen LogP contribution in [0, 0.1) is 0 Å². The highest BCUT2D eigenvalue weighted by molar-refractivity contribution is 6.12. The molecule has 3 aromatic rings. The minimum Gasteiger partial charge on any atom is -0.497 e. The zero-order chi connectivity index (χ0) is 18.2. The van der Waals surface area contributed by atoms with Crippen LogP contribution in [0.2, 0.25) is 0 Å². The van der Waals surface area contributed by atoms with Gasteiger partial charge in [0.2, 0.25) is 0 Å². The normalized spacial score (nSPS) is 13.3. The molecule has 0 heterocycles. The SMILES string of the molecule is [2H]C([2H])([2H])Oc1ccc2ccc3ccc(OC)cc3c2c1OC(C)=O. The Labute approximate surface area is 132 Å². The molecule has 0 saturated heterocycles. The molecule has 4 nitrogen and oxygen atoms in total. The Bertz CT molecular complexity index is 964. The van der Waals surface area contributed by atoms with Crippen LogP contribution in [0.25, 0.3) is 21.5 Å². The second-order valence-electron chi connectivity index (χ2n) is 4.84. The van der Waals surface area contributed by atoms with E-state index in [4.69, 9.17) is 18.3 Å². The van der Waals surface area contributed by atoms with Crippen LogP contribution in [0.3, 0.4) is 0 Å². The van der Waals surface area contributed by atoms with Gasteiger partial charge in [0.25, 0.3) is 0 Å². The molecule has 112 valence electrons. The molecule has 0 amide bonds. The summed E-state index contributed by atoms with van der Waals surface area (Å²) in [6, 6.07) is 12.5. The van der Waals surface area contributed by atoms with Gasteiger partial charge in [-0.2, -0.15) is 0 Å². The fourth-order valence-corrected chi connectivity index (χ4v) is 2.52. The van der Waals surface area contributed by atoms with Crippen molar-refractivity contribution in [3.05, 3.63) is 42.5 Å². The van der Waals surface area contributed by atoms with Crippen molar-refractivity contribution in [2.75, 3.05) is 14.1 Å². The van der Waals surface area contributed by atoms with Crippen LogP contribution in [-0.4, -0.2) is 20.1 Å². The van der Waals surface area contributed by atoms with E-state index in [1.54, 1.807) is 13.2 Å². The first-order valence-corrected chi connectivity index (χ1v) is 6.69. The number of benzene rings is 3. The number of rotatable bonds is 3. The Morgan fingerprint density at radius 2 is 1.77 bits per heavy atom. The third kappa shape index (κ3) is 2.33. The topological polar surface area (TPSA) is 44.8 Å². The Morgan fingerprint density at radius 1 is 1.05 bits per heavy atom. The molecule has 0 N–H and O–H groups in total. The summed E-state index contributed by atoms with van der Waals surface area (Å²) < 4.78 is 37.6. The fraction of sp³-hybridized carbons (Fsp3) is 0.167. The Hall–Kier alpha value is -2.75. The number of carbonyl (C=O) groups excluding carboxylic acids is 1. The molecule has 0 aliphatic carbocycles. The number of esters is 1. The van der Waals surface area contributed by atoms with Crippen LogP contribution < -0.4 is 14.2 Å². The lowest BCUT2D eigenvalue weighted by molar-refractivity contribution is -0.131.